The third-order valence-electron chi connectivity index (χ3n) is 3.95. The van der Waals surface area contributed by atoms with E-state index in [-0.39, 0.29) is 12.5 Å². The molecule has 23 heavy (non-hydrogen) atoms. The Kier molecular flexibility index (Phi) is 3.12. The number of rotatable bonds is 2. The Morgan fingerprint density at radius 2 is 1.87 bits per heavy atom. The lowest BCUT2D eigenvalue weighted by Gasteiger charge is -2.10. The molecule has 0 unspecified atom stereocenters. The van der Waals surface area contributed by atoms with Gasteiger partial charge in [0.05, 0.1) is 24.2 Å². The summed E-state index contributed by atoms with van der Waals surface area (Å²) in [5.74, 6) is 0.603. The number of aromatic nitrogens is 1. The Balaban J connectivity index is 2.00. The zero-order valence-electron chi connectivity index (χ0n) is 12.6. The van der Waals surface area contributed by atoms with Gasteiger partial charge in [-0.2, -0.15) is 0 Å². The maximum atomic E-state index is 12.1. The van der Waals surface area contributed by atoms with Crippen molar-refractivity contribution in [1.29, 1.82) is 0 Å². The van der Waals surface area contributed by atoms with Gasteiger partial charge in [-0.15, -0.1) is 0 Å². The quantitative estimate of drug-likeness (QED) is 0.764. The summed E-state index contributed by atoms with van der Waals surface area (Å²) < 4.78 is 5.46. The minimum atomic E-state index is -0.124. The predicted octanol–water partition coefficient (Wildman–Crippen LogP) is 2.97. The highest BCUT2D eigenvalue weighted by molar-refractivity contribution is 6.23. The van der Waals surface area contributed by atoms with Crippen molar-refractivity contribution >= 4 is 28.2 Å². The molecule has 5 heteroatoms. The number of carbonyl (C=O) groups is 1. The molecule has 3 aromatic rings. The number of nitrogens with zero attached hydrogens (tertiary/aromatic N) is 1. The number of amides is 1. The van der Waals surface area contributed by atoms with E-state index in [0.29, 0.717) is 0 Å². The Bertz CT molecular complexity index is 940. The summed E-state index contributed by atoms with van der Waals surface area (Å²) in [4.78, 5) is 19.9. The third-order valence-corrected chi connectivity index (χ3v) is 3.95. The molecule has 0 atom stereocenters. The molecule has 0 saturated heterocycles. The number of anilines is 1. The van der Waals surface area contributed by atoms with Crippen molar-refractivity contribution < 1.29 is 9.53 Å². The molecule has 0 aliphatic carbocycles. The van der Waals surface area contributed by atoms with E-state index in [0.717, 1.165) is 39.3 Å². The largest absolute Gasteiger partial charge is 0.496 e. The van der Waals surface area contributed by atoms with E-state index in [9.17, 15) is 4.79 Å². The van der Waals surface area contributed by atoms with Crippen molar-refractivity contribution in [2.45, 2.75) is 0 Å². The first-order chi connectivity index (χ1) is 11.3. The molecular formula is C18H15N3O2. The SMILES string of the molecule is COc1ccccc1C1=NCC(=O)Nc2c1[nH]c1ccccc21. The fourth-order valence-electron chi connectivity index (χ4n) is 2.92. The minimum Gasteiger partial charge on any atom is -0.496 e. The van der Waals surface area contributed by atoms with Gasteiger partial charge in [0.15, 0.2) is 0 Å². The standard InChI is InChI=1S/C18H15N3O2/c1-23-14-9-5-3-7-12(14)16-18-17(21-15(22)10-19-16)11-6-2-4-8-13(11)20-18/h2-9,20H,10H2,1H3,(H,21,22). The number of H-pyrrole nitrogens is 1. The number of aromatic amines is 1. The summed E-state index contributed by atoms with van der Waals surface area (Å²) in [5, 5.41) is 3.93. The molecule has 5 nitrogen and oxygen atoms in total. The number of hydrogen-bond acceptors (Lipinski definition) is 3. The topological polar surface area (TPSA) is 66.5 Å². The van der Waals surface area contributed by atoms with Crippen LogP contribution >= 0.6 is 0 Å². The van der Waals surface area contributed by atoms with Gasteiger partial charge in [-0.05, 0) is 18.2 Å². The number of nitrogens with one attached hydrogen (secondary N) is 2. The molecule has 0 bridgehead atoms. The van der Waals surface area contributed by atoms with Crippen LogP contribution in [0.1, 0.15) is 11.3 Å². The molecule has 0 radical (unpaired) electrons. The zero-order chi connectivity index (χ0) is 15.8. The molecule has 1 aliphatic heterocycles. The van der Waals surface area contributed by atoms with Gasteiger partial charge in [0.2, 0.25) is 5.91 Å². The Morgan fingerprint density at radius 1 is 1.09 bits per heavy atom. The van der Waals surface area contributed by atoms with E-state index in [1.165, 1.54) is 0 Å². The molecule has 4 rings (SSSR count). The summed E-state index contributed by atoms with van der Waals surface area (Å²) in [6.07, 6.45) is 0. The van der Waals surface area contributed by atoms with Crippen LogP contribution in [0, 0.1) is 0 Å². The van der Waals surface area contributed by atoms with E-state index in [1.807, 2.05) is 48.5 Å². The van der Waals surface area contributed by atoms with Crippen molar-refractivity contribution in [2.75, 3.05) is 19.0 Å². The average molecular weight is 305 g/mol. The van der Waals surface area contributed by atoms with E-state index in [2.05, 4.69) is 15.3 Å². The number of ether oxygens (including phenoxy) is 1. The highest BCUT2D eigenvalue weighted by atomic mass is 16.5. The van der Waals surface area contributed by atoms with Crippen molar-refractivity contribution in [3.63, 3.8) is 0 Å². The van der Waals surface area contributed by atoms with Crippen LogP contribution < -0.4 is 10.1 Å². The first kappa shape index (κ1) is 13.6. The van der Waals surface area contributed by atoms with Gasteiger partial charge in [0.25, 0.3) is 0 Å². The van der Waals surface area contributed by atoms with Gasteiger partial charge in [0, 0.05) is 16.5 Å². The van der Waals surface area contributed by atoms with Crippen LogP contribution in [0.3, 0.4) is 0 Å². The lowest BCUT2D eigenvalue weighted by molar-refractivity contribution is -0.114. The van der Waals surface area contributed by atoms with Gasteiger partial charge >= 0.3 is 0 Å². The Hall–Kier alpha value is -3.08. The van der Waals surface area contributed by atoms with Crippen molar-refractivity contribution in [2.24, 2.45) is 4.99 Å². The molecule has 1 aromatic heterocycles. The monoisotopic (exact) mass is 305 g/mol. The van der Waals surface area contributed by atoms with Crippen LogP contribution in [0.4, 0.5) is 5.69 Å². The van der Waals surface area contributed by atoms with E-state index in [1.54, 1.807) is 7.11 Å². The smallest absolute Gasteiger partial charge is 0.246 e. The van der Waals surface area contributed by atoms with Crippen molar-refractivity contribution in [3.8, 4) is 5.75 Å². The van der Waals surface area contributed by atoms with E-state index in [4.69, 9.17) is 4.74 Å². The van der Waals surface area contributed by atoms with Gasteiger partial charge in [0.1, 0.15) is 12.3 Å². The fourth-order valence-corrected chi connectivity index (χ4v) is 2.92. The molecule has 1 amide bonds. The number of fused-ring (bicyclic) bond motifs is 3. The summed E-state index contributed by atoms with van der Waals surface area (Å²) >= 11 is 0. The molecule has 2 heterocycles. The maximum Gasteiger partial charge on any atom is 0.246 e. The number of hydrogen-bond donors (Lipinski definition) is 2. The molecule has 114 valence electrons. The molecule has 0 spiro atoms. The highest BCUT2D eigenvalue weighted by Crippen LogP contribution is 2.33. The second kappa shape index (κ2) is 5.28. The fraction of sp³-hybridized carbons (Fsp3) is 0.111. The maximum absolute atomic E-state index is 12.1. The minimum absolute atomic E-state index is 0.0875. The molecule has 1 aliphatic rings. The van der Waals surface area contributed by atoms with Crippen LogP contribution in [-0.2, 0) is 4.79 Å². The number of benzene rings is 2. The van der Waals surface area contributed by atoms with Gasteiger partial charge in [-0.25, -0.2) is 0 Å². The molecule has 2 N–H and O–H groups in total. The molecule has 2 aromatic carbocycles. The summed E-state index contributed by atoms with van der Waals surface area (Å²) in [6.45, 7) is 0.0875. The number of aliphatic imine (C=N–C) groups is 1. The van der Waals surface area contributed by atoms with E-state index < -0.39 is 0 Å². The lowest BCUT2D eigenvalue weighted by atomic mass is 10.0. The van der Waals surface area contributed by atoms with Crippen molar-refractivity contribution in [3.05, 3.63) is 59.8 Å². The summed E-state index contributed by atoms with van der Waals surface area (Å²) in [5.41, 5.74) is 4.13. The van der Waals surface area contributed by atoms with Crippen LogP contribution in [-0.4, -0.2) is 30.3 Å². The van der Waals surface area contributed by atoms with Gasteiger partial charge < -0.3 is 15.0 Å². The normalized spacial score (nSPS) is 14.0. The first-order valence-electron chi connectivity index (χ1n) is 7.36. The zero-order valence-corrected chi connectivity index (χ0v) is 12.6. The highest BCUT2D eigenvalue weighted by Gasteiger charge is 2.23. The summed E-state index contributed by atoms with van der Waals surface area (Å²) in [7, 11) is 1.63. The van der Waals surface area contributed by atoms with Crippen LogP contribution in [0.25, 0.3) is 10.9 Å². The predicted molar refractivity (Wildman–Crippen MR) is 90.4 cm³/mol. The van der Waals surface area contributed by atoms with Crippen LogP contribution in [0.2, 0.25) is 0 Å². The second-order valence-electron chi connectivity index (χ2n) is 5.33. The van der Waals surface area contributed by atoms with E-state index >= 15 is 0 Å². The number of para-hydroxylation sites is 2. The molecule has 0 saturated carbocycles. The molecular weight excluding hydrogens is 290 g/mol. The van der Waals surface area contributed by atoms with Gasteiger partial charge in [-0.3, -0.25) is 9.79 Å². The molecule has 0 fully saturated rings. The van der Waals surface area contributed by atoms with Crippen LogP contribution in [0.15, 0.2) is 53.5 Å². The lowest BCUT2D eigenvalue weighted by Crippen LogP contribution is -2.13. The Labute approximate surface area is 133 Å². The van der Waals surface area contributed by atoms with Gasteiger partial charge in [-0.1, -0.05) is 30.3 Å². The average Bonchev–Trinajstić information content (AvgIpc) is 2.85. The van der Waals surface area contributed by atoms with Crippen LogP contribution in [0.5, 0.6) is 5.75 Å². The number of carbonyl (C=O) groups excluding carboxylic acids is 1. The number of methoxy groups -OCH3 is 1. The Morgan fingerprint density at radius 3 is 2.74 bits per heavy atom. The second-order valence-corrected chi connectivity index (χ2v) is 5.33. The van der Waals surface area contributed by atoms with Crippen molar-refractivity contribution in [1.82, 2.24) is 4.98 Å². The summed E-state index contributed by atoms with van der Waals surface area (Å²) in [6, 6.07) is 15.6. The third kappa shape index (κ3) is 2.17. The first-order valence-corrected chi connectivity index (χ1v) is 7.36.